The molecule has 10 aromatic carbocycles. The standard InChI is InChI=1S/C54H34Si/c1-2-16-35(17-3-1)39-32-30-36-18-4-5-19-38(36)53(39)54-46-25-8-6-23-44(46)52(45-24-7-9-26-47(45)54)37-31-33-43-42-22-12-15-29-50(42)55(51(43)34-37)48-27-13-10-20-40(48)41-21-11-14-28-49(41)55/h1-34H. The highest BCUT2D eigenvalue weighted by molar-refractivity contribution is 7.24. The van der Waals surface area contributed by atoms with Gasteiger partial charge in [0, 0.05) is 0 Å². The van der Waals surface area contributed by atoms with Crippen LogP contribution in [0.5, 0.6) is 0 Å². The molecule has 0 aliphatic carbocycles. The molecule has 0 radical (unpaired) electrons. The van der Waals surface area contributed by atoms with E-state index < -0.39 is 8.07 Å². The fraction of sp³-hybridized carbons (Fsp3) is 0. The van der Waals surface area contributed by atoms with Crippen LogP contribution in [0, 0.1) is 0 Å². The summed E-state index contributed by atoms with van der Waals surface area (Å²) in [4.78, 5) is 0. The molecule has 55 heavy (non-hydrogen) atoms. The number of benzene rings is 10. The maximum Gasteiger partial charge on any atom is 0.182 e. The Morgan fingerprint density at radius 3 is 1.25 bits per heavy atom. The van der Waals surface area contributed by atoms with Crippen molar-refractivity contribution in [2.75, 3.05) is 0 Å². The van der Waals surface area contributed by atoms with Crippen LogP contribution in [0.3, 0.4) is 0 Å². The summed E-state index contributed by atoms with van der Waals surface area (Å²) < 4.78 is 0. The van der Waals surface area contributed by atoms with Crippen LogP contribution in [0.2, 0.25) is 0 Å². The van der Waals surface area contributed by atoms with E-state index >= 15 is 0 Å². The van der Waals surface area contributed by atoms with Crippen molar-refractivity contribution in [1.29, 1.82) is 0 Å². The summed E-state index contributed by atoms with van der Waals surface area (Å²) in [6, 6.07) is 77.8. The molecule has 2 aliphatic rings. The van der Waals surface area contributed by atoms with Crippen LogP contribution >= 0.6 is 0 Å². The largest absolute Gasteiger partial charge is 0.182 e. The maximum absolute atomic E-state index is 2.60. The van der Waals surface area contributed by atoms with Crippen LogP contribution in [0.15, 0.2) is 206 Å². The third-order valence-corrected chi connectivity index (χ3v) is 17.4. The van der Waals surface area contributed by atoms with Crippen molar-refractivity contribution in [3.05, 3.63) is 206 Å². The third-order valence-electron chi connectivity index (χ3n) is 12.5. The first-order chi connectivity index (χ1) is 27.3. The Kier molecular flexibility index (Phi) is 6.46. The van der Waals surface area contributed by atoms with Crippen LogP contribution in [-0.2, 0) is 0 Å². The minimum Gasteiger partial charge on any atom is -0.0623 e. The average Bonchev–Trinajstić information content (AvgIpc) is 3.73. The molecule has 0 nitrogen and oxygen atoms in total. The van der Waals surface area contributed by atoms with E-state index in [4.69, 9.17) is 0 Å². The predicted octanol–water partition coefficient (Wildman–Crippen LogP) is 11.5. The second-order valence-electron chi connectivity index (χ2n) is 15.1. The van der Waals surface area contributed by atoms with E-state index in [1.54, 1.807) is 0 Å². The monoisotopic (exact) mass is 710 g/mol. The van der Waals surface area contributed by atoms with Crippen LogP contribution in [-0.4, -0.2) is 8.07 Å². The van der Waals surface area contributed by atoms with Gasteiger partial charge in [0.05, 0.1) is 0 Å². The molecule has 0 bridgehead atoms. The van der Waals surface area contributed by atoms with Crippen LogP contribution in [0.1, 0.15) is 0 Å². The molecular formula is C54H34Si. The highest BCUT2D eigenvalue weighted by atomic mass is 28.3. The van der Waals surface area contributed by atoms with E-state index in [1.807, 2.05) is 0 Å². The van der Waals surface area contributed by atoms with Gasteiger partial charge in [0.1, 0.15) is 0 Å². The third kappa shape index (κ3) is 4.11. The Morgan fingerprint density at radius 2 is 0.673 bits per heavy atom. The second kappa shape index (κ2) is 11.6. The number of fused-ring (bicyclic) bond motifs is 13. The Labute approximate surface area is 321 Å². The maximum atomic E-state index is 2.60. The molecule has 2 heterocycles. The first-order valence-electron chi connectivity index (χ1n) is 19.3. The lowest BCUT2D eigenvalue weighted by molar-refractivity contribution is 1.63. The van der Waals surface area contributed by atoms with Gasteiger partial charge in [-0.3, -0.25) is 0 Å². The van der Waals surface area contributed by atoms with Gasteiger partial charge in [0.15, 0.2) is 8.07 Å². The number of rotatable bonds is 3. The van der Waals surface area contributed by atoms with E-state index in [1.165, 1.54) is 109 Å². The zero-order chi connectivity index (χ0) is 36.1. The zero-order valence-electron chi connectivity index (χ0n) is 30.1. The molecule has 12 rings (SSSR count). The zero-order valence-corrected chi connectivity index (χ0v) is 31.1. The van der Waals surface area contributed by atoms with Crippen molar-refractivity contribution in [3.8, 4) is 55.6 Å². The molecule has 0 atom stereocenters. The van der Waals surface area contributed by atoms with Gasteiger partial charge in [-0.25, -0.2) is 0 Å². The molecule has 0 saturated carbocycles. The van der Waals surface area contributed by atoms with Gasteiger partial charge in [-0.2, -0.15) is 0 Å². The van der Waals surface area contributed by atoms with Crippen LogP contribution in [0.4, 0.5) is 0 Å². The molecule has 0 unspecified atom stereocenters. The topological polar surface area (TPSA) is 0 Å². The quantitative estimate of drug-likeness (QED) is 0.126. The van der Waals surface area contributed by atoms with Crippen molar-refractivity contribution in [2.45, 2.75) is 0 Å². The van der Waals surface area contributed by atoms with Crippen molar-refractivity contribution >= 4 is 61.1 Å². The normalized spacial score (nSPS) is 13.2. The van der Waals surface area contributed by atoms with Crippen molar-refractivity contribution in [3.63, 3.8) is 0 Å². The van der Waals surface area contributed by atoms with Crippen LogP contribution in [0.25, 0.3) is 88.0 Å². The lowest BCUT2D eigenvalue weighted by atomic mass is 9.82. The van der Waals surface area contributed by atoms with Crippen LogP contribution < -0.4 is 20.7 Å². The molecule has 1 spiro atoms. The summed E-state index contributed by atoms with van der Waals surface area (Å²) in [5, 5.41) is 13.7. The average molecular weight is 711 g/mol. The summed E-state index contributed by atoms with van der Waals surface area (Å²) in [6.45, 7) is 0. The molecule has 0 saturated heterocycles. The molecule has 1 heteroatoms. The Hall–Kier alpha value is -6.80. The van der Waals surface area contributed by atoms with Gasteiger partial charge < -0.3 is 0 Å². The smallest absolute Gasteiger partial charge is 0.0623 e. The summed E-state index contributed by atoms with van der Waals surface area (Å²) >= 11 is 0. The summed E-state index contributed by atoms with van der Waals surface area (Å²) in [5.41, 5.74) is 13.2. The van der Waals surface area contributed by atoms with Crippen molar-refractivity contribution in [1.82, 2.24) is 0 Å². The second-order valence-corrected chi connectivity index (χ2v) is 18.7. The summed E-state index contributed by atoms with van der Waals surface area (Å²) in [7, 11) is -2.59. The van der Waals surface area contributed by atoms with Crippen molar-refractivity contribution in [2.24, 2.45) is 0 Å². The van der Waals surface area contributed by atoms with Gasteiger partial charge in [0.25, 0.3) is 0 Å². The van der Waals surface area contributed by atoms with E-state index in [2.05, 4.69) is 206 Å². The molecule has 10 aromatic rings. The molecule has 0 fully saturated rings. The first-order valence-corrected chi connectivity index (χ1v) is 21.3. The SMILES string of the molecule is c1ccc(-c2ccc3ccccc3c2-c2c3ccccc3c(-c3ccc4c(c3)[Si]3(c5ccccc5-c5ccccc53)c3ccccc3-4)c3ccccc23)cc1. The van der Waals surface area contributed by atoms with Gasteiger partial charge >= 0.3 is 0 Å². The highest BCUT2D eigenvalue weighted by Crippen LogP contribution is 2.49. The summed E-state index contributed by atoms with van der Waals surface area (Å²) in [6.07, 6.45) is 0. The lowest BCUT2D eigenvalue weighted by Gasteiger charge is -2.28. The highest BCUT2D eigenvalue weighted by Gasteiger charge is 2.53. The molecule has 0 N–H and O–H groups in total. The Balaban J connectivity index is 1.19. The molecule has 2 aliphatic heterocycles. The summed E-state index contributed by atoms with van der Waals surface area (Å²) in [5.74, 6) is 0. The van der Waals surface area contributed by atoms with E-state index in [-0.39, 0.29) is 0 Å². The van der Waals surface area contributed by atoms with Gasteiger partial charge in [-0.15, -0.1) is 0 Å². The van der Waals surface area contributed by atoms with Gasteiger partial charge in [-0.1, -0.05) is 206 Å². The number of hydrogen-bond donors (Lipinski definition) is 0. The van der Waals surface area contributed by atoms with E-state index in [0.717, 1.165) is 0 Å². The van der Waals surface area contributed by atoms with Gasteiger partial charge in [0.2, 0.25) is 0 Å². The Morgan fingerprint density at radius 1 is 0.236 bits per heavy atom. The minimum atomic E-state index is -2.59. The van der Waals surface area contributed by atoms with E-state index in [9.17, 15) is 0 Å². The molecular weight excluding hydrogens is 677 g/mol. The predicted molar refractivity (Wildman–Crippen MR) is 237 cm³/mol. The molecule has 0 amide bonds. The van der Waals surface area contributed by atoms with Crippen molar-refractivity contribution < 1.29 is 0 Å². The fourth-order valence-corrected chi connectivity index (χ4v) is 16.0. The Bertz CT molecular complexity index is 3090. The van der Waals surface area contributed by atoms with E-state index in [0.29, 0.717) is 0 Å². The lowest BCUT2D eigenvalue weighted by Crippen LogP contribution is -2.70. The fourth-order valence-electron chi connectivity index (χ4n) is 10.4. The minimum absolute atomic E-state index is 1.23. The molecule has 254 valence electrons. The first kappa shape index (κ1) is 30.6. The molecule has 0 aromatic heterocycles. The number of hydrogen-bond acceptors (Lipinski definition) is 0. The van der Waals surface area contributed by atoms with Gasteiger partial charge in [-0.05, 0) is 109 Å².